The van der Waals surface area contributed by atoms with Crippen LogP contribution in [0.3, 0.4) is 0 Å². The molecule has 0 aliphatic carbocycles. The Labute approximate surface area is 156 Å². The molecule has 0 aliphatic rings. The normalized spacial score (nSPS) is 11.2. The van der Waals surface area contributed by atoms with E-state index < -0.39 is 10.0 Å². The van der Waals surface area contributed by atoms with Gasteiger partial charge in [0.05, 0.1) is 4.90 Å². The second-order valence-electron chi connectivity index (χ2n) is 5.79. The van der Waals surface area contributed by atoms with Crippen LogP contribution >= 0.6 is 0 Å². The summed E-state index contributed by atoms with van der Waals surface area (Å²) in [5.41, 5.74) is 1.68. The third-order valence-corrected chi connectivity index (χ3v) is 4.68. The number of nitrogens with one attached hydrogen (secondary N) is 2. The summed E-state index contributed by atoms with van der Waals surface area (Å²) < 4.78 is 35.4. The van der Waals surface area contributed by atoms with Crippen LogP contribution in [-0.4, -0.2) is 24.9 Å². The fourth-order valence-corrected chi connectivity index (χ4v) is 2.90. The largest absolute Gasteiger partial charge is 0.370 e. The van der Waals surface area contributed by atoms with Gasteiger partial charge in [-0.15, -0.1) is 0 Å². The number of nitrogens with two attached hydrogens (primary N) is 1. The first-order valence-electron chi connectivity index (χ1n) is 8.10. The minimum atomic E-state index is -3.68. The monoisotopic (exact) mass is 387 g/mol. The lowest BCUT2D eigenvalue weighted by molar-refractivity contribution is 0.597. The maximum atomic E-state index is 12.9. The minimum Gasteiger partial charge on any atom is -0.370 e. The van der Waals surface area contributed by atoms with Crippen molar-refractivity contribution >= 4 is 27.3 Å². The van der Waals surface area contributed by atoms with E-state index in [4.69, 9.17) is 5.14 Å². The number of aromatic nitrogens is 2. The van der Waals surface area contributed by atoms with E-state index in [1.807, 2.05) is 0 Å². The van der Waals surface area contributed by atoms with Gasteiger partial charge in [-0.1, -0.05) is 12.1 Å². The van der Waals surface area contributed by atoms with Crippen molar-refractivity contribution in [2.75, 3.05) is 17.2 Å². The molecule has 9 heteroatoms. The van der Waals surface area contributed by atoms with Crippen molar-refractivity contribution in [3.05, 3.63) is 72.3 Å². The number of hydrogen-bond acceptors (Lipinski definition) is 6. The second-order valence-corrected chi connectivity index (χ2v) is 7.35. The van der Waals surface area contributed by atoms with Crippen molar-refractivity contribution in [1.29, 1.82) is 0 Å². The van der Waals surface area contributed by atoms with E-state index in [9.17, 15) is 12.8 Å². The zero-order valence-corrected chi connectivity index (χ0v) is 15.1. The maximum Gasteiger partial charge on any atom is 0.238 e. The first-order chi connectivity index (χ1) is 12.9. The van der Waals surface area contributed by atoms with Crippen molar-refractivity contribution in [2.24, 2.45) is 5.14 Å². The number of nitrogens with zero attached hydrogens (tertiary/aromatic N) is 2. The molecule has 4 N–H and O–H groups in total. The number of benzene rings is 2. The molecule has 0 saturated heterocycles. The summed E-state index contributed by atoms with van der Waals surface area (Å²) in [7, 11) is -3.68. The molecule has 140 valence electrons. The standard InChI is InChI=1S/C18H18FN5O2S/c19-14-3-5-15(6-4-14)24-18-11-17(22-12-23-18)21-10-9-13-1-7-16(8-2-13)27(20,25)26/h1-8,11-12H,9-10H2,(H2,20,25,26)(H2,21,22,23,24). The Balaban J connectivity index is 1.56. The Kier molecular flexibility index (Phi) is 5.63. The van der Waals surface area contributed by atoms with E-state index in [2.05, 4.69) is 20.6 Å². The van der Waals surface area contributed by atoms with Crippen molar-refractivity contribution in [2.45, 2.75) is 11.3 Å². The lowest BCUT2D eigenvalue weighted by Crippen LogP contribution is -2.12. The van der Waals surface area contributed by atoms with Gasteiger partial charge in [0.1, 0.15) is 23.8 Å². The molecule has 0 atom stereocenters. The molecule has 0 bridgehead atoms. The first-order valence-corrected chi connectivity index (χ1v) is 9.65. The van der Waals surface area contributed by atoms with Gasteiger partial charge < -0.3 is 10.6 Å². The number of rotatable bonds is 7. The van der Waals surface area contributed by atoms with Gasteiger partial charge in [0.25, 0.3) is 0 Å². The molecule has 2 aromatic carbocycles. The second kappa shape index (κ2) is 8.11. The van der Waals surface area contributed by atoms with Crippen LogP contribution in [0.5, 0.6) is 0 Å². The quantitative estimate of drug-likeness (QED) is 0.575. The van der Waals surface area contributed by atoms with Gasteiger partial charge in [0.2, 0.25) is 10.0 Å². The fourth-order valence-electron chi connectivity index (χ4n) is 2.38. The van der Waals surface area contributed by atoms with Crippen molar-refractivity contribution in [3.63, 3.8) is 0 Å². The molecular formula is C18H18FN5O2S. The van der Waals surface area contributed by atoms with Crippen molar-refractivity contribution in [1.82, 2.24) is 9.97 Å². The lowest BCUT2D eigenvalue weighted by atomic mass is 10.1. The summed E-state index contributed by atoms with van der Waals surface area (Å²) in [5.74, 6) is 0.912. The highest BCUT2D eigenvalue weighted by atomic mass is 32.2. The van der Waals surface area contributed by atoms with Crippen molar-refractivity contribution in [3.8, 4) is 0 Å². The van der Waals surface area contributed by atoms with Crippen LogP contribution in [0.25, 0.3) is 0 Å². The maximum absolute atomic E-state index is 12.9. The molecule has 0 fully saturated rings. The molecular weight excluding hydrogens is 369 g/mol. The number of primary sulfonamides is 1. The van der Waals surface area contributed by atoms with Crippen LogP contribution in [0, 0.1) is 5.82 Å². The highest BCUT2D eigenvalue weighted by Crippen LogP contribution is 2.17. The molecule has 0 unspecified atom stereocenters. The van der Waals surface area contributed by atoms with E-state index in [0.717, 1.165) is 11.3 Å². The van der Waals surface area contributed by atoms with Crippen LogP contribution in [0.2, 0.25) is 0 Å². The topological polar surface area (TPSA) is 110 Å². The predicted octanol–water partition coefficient (Wildman–Crippen LogP) is 2.66. The SMILES string of the molecule is NS(=O)(=O)c1ccc(CCNc2cc(Nc3ccc(F)cc3)ncn2)cc1. The number of anilines is 3. The highest BCUT2D eigenvalue weighted by molar-refractivity contribution is 7.89. The van der Waals surface area contributed by atoms with Gasteiger partial charge in [-0.3, -0.25) is 0 Å². The zero-order chi connectivity index (χ0) is 19.3. The summed E-state index contributed by atoms with van der Waals surface area (Å²) in [5, 5.41) is 11.3. The fraction of sp³-hybridized carbons (Fsp3) is 0.111. The van der Waals surface area contributed by atoms with Crippen LogP contribution in [0.15, 0.2) is 65.8 Å². The Hall–Kier alpha value is -3.04. The van der Waals surface area contributed by atoms with Gasteiger partial charge in [-0.05, 0) is 48.4 Å². The van der Waals surface area contributed by atoms with Crippen LogP contribution in [0.1, 0.15) is 5.56 Å². The van der Waals surface area contributed by atoms with E-state index >= 15 is 0 Å². The third-order valence-electron chi connectivity index (χ3n) is 3.76. The van der Waals surface area contributed by atoms with Crippen LogP contribution in [-0.2, 0) is 16.4 Å². The van der Waals surface area contributed by atoms with E-state index in [0.29, 0.717) is 24.6 Å². The van der Waals surface area contributed by atoms with Crippen LogP contribution in [0.4, 0.5) is 21.7 Å². The van der Waals surface area contributed by atoms with Gasteiger partial charge >= 0.3 is 0 Å². The summed E-state index contributed by atoms with van der Waals surface area (Å²) in [6.07, 6.45) is 2.10. The molecule has 7 nitrogen and oxygen atoms in total. The smallest absolute Gasteiger partial charge is 0.238 e. The average molecular weight is 387 g/mol. The lowest BCUT2D eigenvalue weighted by Gasteiger charge is -2.09. The molecule has 0 saturated carbocycles. The number of halogens is 1. The minimum absolute atomic E-state index is 0.0894. The van der Waals surface area contributed by atoms with E-state index in [-0.39, 0.29) is 10.7 Å². The first kappa shape index (κ1) is 18.7. The Bertz CT molecular complexity index is 1010. The molecule has 0 radical (unpaired) electrons. The molecule has 1 aromatic heterocycles. The van der Waals surface area contributed by atoms with Gasteiger partial charge in [-0.25, -0.2) is 27.9 Å². The average Bonchev–Trinajstić information content (AvgIpc) is 2.64. The summed E-state index contributed by atoms with van der Waals surface area (Å²) in [6.45, 7) is 0.599. The predicted molar refractivity (Wildman–Crippen MR) is 102 cm³/mol. The highest BCUT2D eigenvalue weighted by Gasteiger charge is 2.06. The molecule has 1 heterocycles. The van der Waals surface area contributed by atoms with E-state index in [1.54, 1.807) is 30.3 Å². The molecule has 0 aliphatic heterocycles. The number of hydrogen-bond donors (Lipinski definition) is 3. The summed E-state index contributed by atoms with van der Waals surface area (Å²) in [6, 6.07) is 14.1. The Morgan fingerprint density at radius 1 is 0.963 bits per heavy atom. The van der Waals surface area contributed by atoms with Crippen LogP contribution < -0.4 is 15.8 Å². The molecule has 27 heavy (non-hydrogen) atoms. The Morgan fingerprint density at radius 3 is 2.30 bits per heavy atom. The third kappa shape index (κ3) is 5.47. The van der Waals surface area contributed by atoms with Gasteiger partial charge in [0, 0.05) is 18.3 Å². The van der Waals surface area contributed by atoms with Gasteiger partial charge in [-0.2, -0.15) is 0 Å². The molecule has 0 spiro atoms. The number of sulfonamides is 1. The zero-order valence-electron chi connectivity index (χ0n) is 14.3. The summed E-state index contributed by atoms with van der Waals surface area (Å²) in [4.78, 5) is 8.38. The van der Waals surface area contributed by atoms with Crippen molar-refractivity contribution < 1.29 is 12.8 Å². The molecule has 3 aromatic rings. The van der Waals surface area contributed by atoms with Gasteiger partial charge in [0.15, 0.2) is 0 Å². The molecule has 0 amide bonds. The Morgan fingerprint density at radius 2 is 1.63 bits per heavy atom. The molecule has 3 rings (SSSR count). The van der Waals surface area contributed by atoms with E-state index in [1.165, 1.54) is 30.6 Å². The summed E-state index contributed by atoms with van der Waals surface area (Å²) >= 11 is 0.